The molecule has 1 amide bonds. The van der Waals surface area contributed by atoms with E-state index >= 15 is 0 Å². The van der Waals surface area contributed by atoms with Crippen LogP contribution in [0.5, 0.6) is 0 Å². The van der Waals surface area contributed by atoms with Gasteiger partial charge in [-0.2, -0.15) is 0 Å². The number of aromatic nitrogens is 1. The molecule has 4 nitrogen and oxygen atoms in total. The van der Waals surface area contributed by atoms with Crippen LogP contribution in [0.25, 0.3) is 0 Å². The van der Waals surface area contributed by atoms with Crippen LogP contribution in [0.15, 0.2) is 18.3 Å². The quantitative estimate of drug-likeness (QED) is 0.789. The summed E-state index contributed by atoms with van der Waals surface area (Å²) in [4.78, 5) is 11.9. The molecule has 1 aliphatic carbocycles. The Morgan fingerprint density at radius 1 is 1.69 bits per heavy atom. The molecule has 1 aromatic rings. The highest BCUT2D eigenvalue weighted by Crippen LogP contribution is 2.35. The number of nitrogens with zero attached hydrogens (tertiary/aromatic N) is 1. The van der Waals surface area contributed by atoms with Gasteiger partial charge in [0.15, 0.2) is 0 Å². The Labute approximate surface area is 95.3 Å². The zero-order valence-corrected chi connectivity index (χ0v) is 9.52. The zero-order chi connectivity index (χ0) is 11.5. The van der Waals surface area contributed by atoms with E-state index in [2.05, 4.69) is 5.32 Å². The summed E-state index contributed by atoms with van der Waals surface area (Å²) < 4.78 is 2.03. The van der Waals surface area contributed by atoms with Gasteiger partial charge < -0.3 is 15.0 Å². The number of aliphatic hydroxyl groups excluding tert-OH is 1. The first-order valence-electron chi connectivity index (χ1n) is 5.84. The lowest BCUT2D eigenvalue weighted by Crippen LogP contribution is -2.37. The third-order valence-electron chi connectivity index (χ3n) is 3.00. The van der Waals surface area contributed by atoms with E-state index in [1.165, 1.54) is 0 Å². The van der Waals surface area contributed by atoms with E-state index in [4.69, 9.17) is 5.11 Å². The van der Waals surface area contributed by atoms with Crippen LogP contribution >= 0.6 is 0 Å². The number of hydrogen-bond donors (Lipinski definition) is 2. The SMILES string of the molecule is CCC(CO)NC(=O)c1cccn1C1CC1. The van der Waals surface area contributed by atoms with Crippen molar-refractivity contribution in [2.75, 3.05) is 6.61 Å². The molecule has 1 atom stereocenters. The van der Waals surface area contributed by atoms with Gasteiger partial charge in [0, 0.05) is 12.2 Å². The van der Waals surface area contributed by atoms with E-state index in [1.54, 1.807) is 0 Å². The van der Waals surface area contributed by atoms with Crippen LogP contribution in [0.1, 0.15) is 42.7 Å². The van der Waals surface area contributed by atoms with Crippen molar-refractivity contribution in [3.05, 3.63) is 24.0 Å². The molecule has 1 unspecified atom stereocenters. The predicted molar refractivity (Wildman–Crippen MR) is 61.3 cm³/mol. The van der Waals surface area contributed by atoms with Crippen LogP contribution in [0, 0.1) is 0 Å². The lowest BCUT2D eigenvalue weighted by Gasteiger charge is -2.15. The standard InChI is InChI=1S/C12H18N2O2/c1-2-9(8-15)13-12(16)11-4-3-7-14(11)10-5-6-10/h3-4,7,9-10,15H,2,5-6,8H2,1H3,(H,13,16). The molecule has 0 radical (unpaired) electrons. The van der Waals surface area contributed by atoms with Gasteiger partial charge >= 0.3 is 0 Å². The fourth-order valence-corrected chi connectivity index (χ4v) is 1.79. The summed E-state index contributed by atoms with van der Waals surface area (Å²) in [5, 5.41) is 11.9. The molecule has 0 saturated heterocycles. The van der Waals surface area contributed by atoms with Crippen molar-refractivity contribution < 1.29 is 9.90 Å². The highest BCUT2D eigenvalue weighted by atomic mass is 16.3. The molecule has 1 heterocycles. The average Bonchev–Trinajstić information content (AvgIpc) is 3.03. The number of hydrogen-bond acceptors (Lipinski definition) is 2. The molecule has 1 aromatic heterocycles. The second-order valence-electron chi connectivity index (χ2n) is 4.29. The molecule has 0 aromatic carbocycles. The minimum atomic E-state index is -0.143. The van der Waals surface area contributed by atoms with Crippen molar-refractivity contribution in [1.82, 2.24) is 9.88 Å². The summed E-state index contributed by atoms with van der Waals surface area (Å²) in [6.45, 7) is 1.94. The highest BCUT2D eigenvalue weighted by Gasteiger charge is 2.27. The first-order chi connectivity index (χ1) is 7.76. The van der Waals surface area contributed by atoms with Crippen LogP contribution in [0.4, 0.5) is 0 Å². The van der Waals surface area contributed by atoms with Gasteiger partial charge in [-0.05, 0) is 31.4 Å². The van der Waals surface area contributed by atoms with Crippen LogP contribution in [0.3, 0.4) is 0 Å². The third-order valence-corrected chi connectivity index (χ3v) is 3.00. The van der Waals surface area contributed by atoms with Gasteiger partial charge in [0.2, 0.25) is 0 Å². The molecule has 2 N–H and O–H groups in total. The molecular weight excluding hydrogens is 204 g/mol. The maximum Gasteiger partial charge on any atom is 0.268 e. The zero-order valence-electron chi connectivity index (χ0n) is 9.52. The van der Waals surface area contributed by atoms with Gasteiger partial charge in [0.05, 0.1) is 12.6 Å². The number of carbonyl (C=O) groups excluding carboxylic acids is 1. The summed E-state index contributed by atoms with van der Waals surface area (Å²) in [5.41, 5.74) is 0.703. The lowest BCUT2D eigenvalue weighted by atomic mass is 10.2. The number of aliphatic hydroxyl groups is 1. The van der Waals surface area contributed by atoms with Crippen molar-refractivity contribution in [3.63, 3.8) is 0 Å². The molecule has 1 aliphatic rings. The molecule has 0 bridgehead atoms. The molecule has 1 fully saturated rings. The van der Waals surface area contributed by atoms with Crippen LogP contribution in [0.2, 0.25) is 0 Å². The van der Waals surface area contributed by atoms with Gasteiger partial charge in [-0.15, -0.1) is 0 Å². The molecule has 1 saturated carbocycles. The van der Waals surface area contributed by atoms with Crippen molar-refractivity contribution in [2.24, 2.45) is 0 Å². The highest BCUT2D eigenvalue weighted by molar-refractivity contribution is 5.93. The summed E-state index contributed by atoms with van der Waals surface area (Å²) in [5.74, 6) is -0.0854. The van der Waals surface area contributed by atoms with Gasteiger partial charge in [-0.3, -0.25) is 4.79 Å². The monoisotopic (exact) mass is 222 g/mol. The van der Waals surface area contributed by atoms with E-state index in [0.29, 0.717) is 11.7 Å². The van der Waals surface area contributed by atoms with E-state index in [1.807, 2.05) is 29.8 Å². The number of amides is 1. The summed E-state index contributed by atoms with van der Waals surface area (Å²) in [6.07, 6.45) is 5.01. The van der Waals surface area contributed by atoms with E-state index < -0.39 is 0 Å². The van der Waals surface area contributed by atoms with Crippen LogP contribution in [-0.4, -0.2) is 28.2 Å². The summed E-state index contributed by atoms with van der Waals surface area (Å²) in [6, 6.07) is 4.09. The lowest BCUT2D eigenvalue weighted by molar-refractivity contribution is 0.0905. The molecule has 16 heavy (non-hydrogen) atoms. The Bertz CT molecular complexity index is 365. The second-order valence-corrected chi connectivity index (χ2v) is 4.29. The average molecular weight is 222 g/mol. The molecular formula is C12H18N2O2. The Morgan fingerprint density at radius 2 is 2.44 bits per heavy atom. The largest absolute Gasteiger partial charge is 0.394 e. The summed E-state index contributed by atoms with van der Waals surface area (Å²) >= 11 is 0. The third kappa shape index (κ3) is 2.27. The van der Waals surface area contributed by atoms with E-state index in [-0.39, 0.29) is 18.6 Å². The predicted octanol–water partition coefficient (Wildman–Crippen LogP) is 1.32. The fraction of sp³-hybridized carbons (Fsp3) is 0.583. The van der Waals surface area contributed by atoms with Crippen molar-refractivity contribution in [3.8, 4) is 0 Å². The van der Waals surface area contributed by atoms with E-state index in [0.717, 1.165) is 19.3 Å². The number of rotatable bonds is 5. The van der Waals surface area contributed by atoms with Gasteiger partial charge in [-0.1, -0.05) is 6.92 Å². The molecule has 2 rings (SSSR count). The Hall–Kier alpha value is -1.29. The molecule has 0 aliphatic heterocycles. The van der Waals surface area contributed by atoms with E-state index in [9.17, 15) is 4.79 Å². The number of nitrogens with one attached hydrogen (secondary N) is 1. The van der Waals surface area contributed by atoms with Gasteiger partial charge in [0.1, 0.15) is 5.69 Å². The minimum Gasteiger partial charge on any atom is -0.394 e. The Kier molecular flexibility index (Phi) is 3.29. The van der Waals surface area contributed by atoms with Gasteiger partial charge in [-0.25, -0.2) is 0 Å². The minimum absolute atomic E-state index is 0.00756. The molecule has 4 heteroatoms. The fourth-order valence-electron chi connectivity index (χ4n) is 1.79. The first-order valence-corrected chi connectivity index (χ1v) is 5.84. The molecule has 0 spiro atoms. The maximum absolute atomic E-state index is 11.9. The molecule has 88 valence electrons. The van der Waals surface area contributed by atoms with Crippen molar-refractivity contribution >= 4 is 5.91 Å². The topological polar surface area (TPSA) is 54.3 Å². The Morgan fingerprint density at radius 3 is 3.00 bits per heavy atom. The summed E-state index contributed by atoms with van der Waals surface area (Å²) in [7, 11) is 0. The van der Waals surface area contributed by atoms with Gasteiger partial charge in [0.25, 0.3) is 5.91 Å². The normalized spacial score (nSPS) is 17.1. The first kappa shape index (κ1) is 11.2. The number of carbonyl (C=O) groups is 1. The Balaban J connectivity index is 2.05. The van der Waals surface area contributed by atoms with Crippen LogP contribution in [-0.2, 0) is 0 Å². The van der Waals surface area contributed by atoms with Crippen molar-refractivity contribution in [2.45, 2.75) is 38.3 Å². The second kappa shape index (κ2) is 4.70. The maximum atomic E-state index is 11.9. The van der Waals surface area contributed by atoms with Crippen molar-refractivity contribution in [1.29, 1.82) is 0 Å². The van der Waals surface area contributed by atoms with Crippen LogP contribution < -0.4 is 5.32 Å². The smallest absolute Gasteiger partial charge is 0.268 e.